The summed E-state index contributed by atoms with van der Waals surface area (Å²) in [7, 11) is 0. The highest BCUT2D eigenvalue weighted by atomic mass is 16.7. The monoisotopic (exact) mass is 249 g/mol. The Bertz CT molecular complexity index is 416. The molecule has 1 atom stereocenters. The summed E-state index contributed by atoms with van der Waals surface area (Å²) in [6.45, 7) is 3.18. The van der Waals surface area contributed by atoms with Crippen molar-refractivity contribution in [2.75, 3.05) is 26.4 Å². The molecule has 1 unspecified atom stereocenters. The second-order valence-electron chi connectivity index (χ2n) is 4.99. The third-order valence-corrected chi connectivity index (χ3v) is 3.66. The Hall–Kier alpha value is -1.26. The van der Waals surface area contributed by atoms with Crippen LogP contribution in [0.25, 0.3) is 0 Å². The molecule has 1 aromatic carbocycles. The van der Waals surface area contributed by atoms with Crippen molar-refractivity contribution >= 4 is 0 Å². The minimum Gasteiger partial charge on any atom is -0.454 e. The Morgan fingerprint density at radius 3 is 2.72 bits per heavy atom. The molecule has 0 aromatic heterocycles. The van der Waals surface area contributed by atoms with Gasteiger partial charge in [-0.05, 0) is 43.6 Å². The number of nitrogens with zero attached hydrogens (tertiary/aromatic N) is 1. The van der Waals surface area contributed by atoms with Crippen molar-refractivity contribution < 1.29 is 14.6 Å². The average molecular weight is 249 g/mol. The molecule has 3 rings (SSSR count). The van der Waals surface area contributed by atoms with E-state index in [2.05, 4.69) is 4.90 Å². The number of fused-ring (bicyclic) bond motifs is 1. The molecule has 1 N–H and O–H groups in total. The minimum atomic E-state index is -0.447. The highest BCUT2D eigenvalue weighted by Gasteiger charge is 2.19. The summed E-state index contributed by atoms with van der Waals surface area (Å²) in [5.74, 6) is 1.51. The maximum Gasteiger partial charge on any atom is 0.231 e. The molecule has 2 aliphatic heterocycles. The summed E-state index contributed by atoms with van der Waals surface area (Å²) in [6.07, 6.45) is 3.36. The summed E-state index contributed by atoms with van der Waals surface area (Å²) >= 11 is 0. The third-order valence-electron chi connectivity index (χ3n) is 3.66. The van der Waals surface area contributed by atoms with E-state index >= 15 is 0 Å². The van der Waals surface area contributed by atoms with Gasteiger partial charge in [-0.1, -0.05) is 12.5 Å². The van der Waals surface area contributed by atoms with Gasteiger partial charge in [-0.25, -0.2) is 0 Å². The van der Waals surface area contributed by atoms with E-state index in [4.69, 9.17) is 9.47 Å². The molecule has 0 aliphatic carbocycles. The van der Waals surface area contributed by atoms with Crippen LogP contribution in [0.1, 0.15) is 30.9 Å². The highest BCUT2D eigenvalue weighted by molar-refractivity contribution is 5.45. The van der Waals surface area contributed by atoms with Gasteiger partial charge in [0.15, 0.2) is 11.5 Å². The smallest absolute Gasteiger partial charge is 0.231 e. The van der Waals surface area contributed by atoms with Gasteiger partial charge in [-0.2, -0.15) is 0 Å². The van der Waals surface area contributed by atoms with Crippen molar-refractivity contribution in [3.8, 4) is 11.5 Å². The number of aliphatic hydroxyl groups is 1. The molecule has 18 heavy (non-hydrogen) atoms. The molecular weight excluding hydrogens is 230 g/mol. The van der Waals surface area contributed by atoms with E-state index in [-0.39, 0.29) is 6.79 Å². The molecule has 4 heteroatoms. The highest BCUT2D eigenvalue weighted by Crippen LogP contribution is 2.34. The van der Waals surface area contributed by atoms with Crippen LogP contribution in [0.5, 0.6) is 11.5 Å². The van der Waals surface area contributed by atoms with Crippen LogP contribution in [0, 0.1) is 0 Å². The Balaban J connectivity index is 1.66. The van der Waals surface area contributed by atoms with E-state index in [1.54, 1.807) is 0 Å². The van der Waals surface area contributed by atoms with Crippen molar-refractivity contribution in [1.82, 2.24) is 4.90 Å². The zero-order valence-corrected chi connectivity index (χ0v) is 10.5. The lowest BCUT2D eigenvalue weighted by Crippen LogP contribution is -2.33. The summed E-state index contributed by atoms with van der Waals surface area (Å²) in [4.78, 5) is 2.33. The predicted molar refractivity (Wildman–Crippen MR) is 67.8 cm³/mol. The number of hydrogen-bond acceptors (Lipinski definition) is 4. The molecule has 4 nitrogen and oxygen atoms in total. The maximum atomic E-state index is 10.3. The van der Waals surface area contributed by atoms with E-state index in [1.807, 2.05) is 18.2 Å². The van der Waals surface area contributed by atoms with Gasteiger partial charge >= 0.3 is 0 Å². The number of piperidine rings is 1. The second-order valence-corrected chi connectivity index (χ2v) is 4.99. The van der Waals surface area contributed by atoms with Crippen LogP contribution in [0.15, 0.2) is 18.2 Å². The maximum absolute atomic E-state index is 10.3. The van der Waals surface area contributed by atoms with Gasteiger partial charge in [0.05, 0.1) is 6.10 Å². The Labute approximate surface area is 107 Å². The fourth-order valence-electron chi connectivity index (χ4n) is 2.61. The Kier molecular flexibility index (Phi) is 3.39. The fraction of sp³-hybridized carbons (Fsp3) is 0.571. The number of benzene rings is 1. The molecule has 0 spiro atoms. The van der Waals surface area contributed by atoms with Crippen LogP contribution < -0.4 is 9.47 Å². The lowest BCUT2D eigenvalue weighted by molar-refractivity contribution is 0.101. The first-order valence-electron chi connectivity index (χ1n) is 6.63. The van der Waals surface area contributed by atoms with Gasteiger partial charge in [-0.15, -0.1) is 0 Å². The standard InChI is InChI=1S/C14H19NO3/c16-12(9-15-6-2-1-3-7-15)11-4-5-13-14(8-11)18-10-17-13/h4-5,8,12,16H,1-3,6-7,9-10H2. The number of hydrogen-bond donors (Lipinski definition) is 1. The summed E-state index contributed by atoms with van der Waals surface area (Å²) in [5.41, 5.74) is 0.907. The minimum absolute atomic E-state index is 0.279. The average Bonchev–Trinajstić information content (AvgIpc) is 2.87. The molecule has 98 valence electrons. The van der Waals surface area contributed by atoms with Gasteiger partial charge in [0.2, 0.25) is 6.79 Å². The molecule has 0 amide bonds. The Morgan fingerprint density at radius 2 is 1.89 bits per heavy atom. The number of rotatable bonds is 3. The second kappa shape index (κ2) is 5.16. The van der Waals surface area contributed by atoms with Crippen LogP contribution in [0.2, 0.25) is 0 Å². The SMILES string of the molecule is OC(CN1CCCCC1)c1ccc2c(c1)OCO2. The zero-order chi connectivity index (χ0) is 12.4. The van der Waals surface area contributed by atoms with Gasteiger partial charge in [0, 0.05) is 6.54 Å². The number of aliphatic hydroxyl groups excluding tert-OH is 1. The largest absolute Gasteiger partial charge is 0.454 e. The van der Waals surface area contributed by atoms with Crippen molar-refractivity contribution in [2.45, 2.75) is 25.4 Å². The Morgan fingerprint density at radius 1 is 1.11 bits per heavy atom. The molecule has 2 aliphatic rings. The van der Waals surface area contributed by atoms with E-state index in [1.165, 1.54) is 19.3 Å². The van der Waals surface area contributed by atoms with E-state index < -0.39 is 6.10 Å². The van der Waals surface area contributed by atoms with Crippen molar-refractivity contribution in [3.05, 3.63) is 23.8 Å². The summed E-state index contributed by atoms with van der Waals surface area (Å²) < 4.78 is 10.6. The third kappa shape index (κ3) is 2.44. The van der Waals surface area contributed by atoms with Crippen molar-refractivity contribution in [1.29, 1.82) is 0 Å². The molecule has 0 bridgehead atoms. The van der Waals surface area contributed by atoms with Crippen molar-refractivity contribution in [2.24, 2.45) is 0 Å². The van der Waals surface area contributed by atoms with Crippen LogP contribution in [0.4, 0.5) is 0 Å². The van der Waals surface area contributed by atoms with Crippen LogP contribution >= 0.6 is 0 Å². The molecule has 1 fully saturated rings. The van der Waals surface area contributed by atoms with Gasteiger partial charge in [0.25, 0.3) is 0 Å². The fourth-order valence-corrected chi connectivity index (χ4v) is 2.61. The van der Waals surface area contributed by atoms with Gasteiger partial charge in [-0.3, -0.25) is 0 Å². The van der Waals surface area contributed by atoms with Gasteiger partial charge < -0.3 is 19.5 Å². The predicted octanol–water partition coefficient (Wildman–Crippen LogP) is 1.93. The van der Waals surface area contributed by atoms with Crippen molar-refractivity contribution in [3.63, 3.8) is 0 Å². The number of likely N-dealkylation sites (tertiary alicyclic amines) is 1. The molecule has 0 saturated carbocycles. The lowest BCUT2D eigenvalue weighted by Gasteiger charge is -2.28. The molecular formula is C14H19NO3. The normalized spacial score (nSPS) is 20.9. The van der Waals surface area contributed by atoms with Crippen LogP contribution in [0.3, 0.4) is 0 Å². The number of ether oxygens (including phenoxy) is 2. The van der Waals surface area contributed by atoms with E-state index in [0.29, 0.717) is 6.54 Å². The van der Waals surface area contributed by atoms with E-state index in [9.17, 15) is 5.11 Å². The van der Waals surface area contributed by atoms with Crippen LogP contribution in [-0.2, 0) is 0 Å². The zero-order valence-electron chi connectivity index (χ0n) is 10.5. The topological polar surface area (TPSA) is 41.9 Å². The molecule has 1 saturated heterocycles. The summed E-state index contributed by atoms with van der Waals surface area (Å²) in [6, 6.07) is 5.68. The first-order valence-corrected chi connectivity index (χ1v) is 6.63. The number of β-amino-alcohol motifs (C(OH)–C–C–N with tert-alkyl or cyclic N) is 1. The molecule has 2 heterocycles. The summed E-state index contributed by atoms with van der Waals surface area (Å²) in [5, 5.41) is 10.3. The lowest BCUT2D eigenvalue weighted by atomic mass is 10.1. The van der Waals surface area contributed by atoms with Gasteiger partial charge in [0.1, 0.15) is 0 Å². The van der Waals surface area contributed by atoms with Crippen LogP contribution in [-0.4, -0.2) is 36.4 Å². The first-order chi connectivity index (χ1) is 8.83. The molecule has 0 radical (unpaired) electrons. The molecule has 1 aromatic rings. The quantitative estimate of drug-likeness (QED) is 0.889. The first kappa shape index (κ1) is 11.8. The van der Waals surface area contributed by atoms with E-state index in [0.717, 1.165) is 30.2 Å².